The SMILES string of the molecule is OC1CNCC1Cc1cccs1. The van der Waals surface area contributed by atoms with Crippen molar-refractivity contribution in [2.45, 2.75) is 12.5 Å². The van der Waals surface area contributed by atoms with Crippen LogP contribution in [0.1, 0.15) is 4.88 Å². The molecule has 0 spiro atoms. The van der Waals surface area contributed by atoms with Crippen LogP contribution in [0.5, 0.6) is 0 Å². The number of aliphatic hydroxyl groups is 1. The van der Waals surface area contributed by atoms with Gasteiger partial charge in [-0.05, 0) is 17.9 Å². The van der Waals surface area contributed by atoms with Gasteiger partial charge in [0.1, 0.15) is 0 Å². The van der Waals surface area contributed by atoms with Gasteiger partial charge in [0.2, 0.25) is 0 Å². The van der Waals surface area contributed by atoms with E-state index in [4.69, 9.17) is 0 Å². The predicted octanol–water partition coefficient (Wildman–Crippen LogP) is 0.871. The highest BCUT2D eigenvalue weighted by Crippen LogP contribution is 2.18. The molecule has 1 fully saturated rings. The van der Waals surface area contributed by atoms with E-state index in [0.717, 1.165) is 19.5 Å². The largest absolute Gasteiger partial charge is 0.391 e. The molecule has 1 aliphatic rings. The first-order valence-electron chi connectivity index (χ1n) is 4.27. The van der Waals surface area contributed by atoms with Crippen LogP contribution >= 0.6 is 11.3 Å². The molecule has 2 N–H and O–H groups in total. The summed E-state index contributed by atoms with van der Waals surface area (Å²) >= 11 is 1.77. The van der Waals surface area contributed by atoms with Gasteiger partial charge in [-0.25, -0.2) is 0 Å². The third-order valence-electron chi connectivity index (χ3n) is 2.35. The summed E-state index contributed by atoms with van der Waals surface area (Å²) in [7, 11) is 0. The second kappa shape index (κ2) is 3.56. The Morgan fingerprint density at radius 3 is 3.08 bits per heavy atom. The summed E-state index contributed by atoms with van der Waals surface area (Å²) in [6.45, 7) is 1.72. The summed E-state index contributed by atoms with van der Waals surface area (Å²) in [6.07, 6.45) is 0.873. The molecule has 0 radical (unpaired) electrons. The van der Waals surface area contributed by atoms with Crippen molar-refractivity contribution in [3.63, 3.8) is 0 Å². The van der Waals surface area contributed by atoms with Crippen LogP contribution in [0.2, 0.25) is 0 Å². The van der Waals surface area contributed by atoms with Gasteiger partial charge in [-0.15, -0.1) is 11.3 Å². The van der Waals surface area contributed by atoms with E-state index in [2.05, 4.69) is 22.8 Å². The first-order valence-corrected chi connectivity index (χ1v) is 5.15. The van der Waals surface area contributed by atoms with Crippen molar-refractivity contribution in [3.05, 3.63) is 22.4 Å². The Morgan fingerprint density at radius 1 is 1.58 bits per heavy atom. The average molecular weight is 183 g/mol. The second-order valence-corrected chi connectivity index (χ2v) is 4.30. The number of hydrogen-bond donors (Lipinski definition) is 2. The van der Waals surface area contributed by atoms with E-state index in [1.54, 1.807) is 11.3 Å². The molecule has 2 unspecified atom stereocenters. The Labute approximate surface area is 76.2 Å². The van der Waals surface area contributed by atoms with E-state index in [1.807, 2.05) is 0 Å². The third-order valence-corrected chi connectivity index (χ3v) is 3.25. The van der Waals surface area contributed by atoms with Gasteiger partial charge in [0, 0.05) is 23.9 Å². The van der Waals surface area contributed by atoms with E-state index in [9.17, 15) is 5.11 Å². The normalized spacial score (nSPS) is 29.4. The zero-order chi connectivity index (χ0) is 8.39. The number of nitrogens with one attached hydrogen (secondary N) is 1. The van der Waals surface area contributed by atoms with Gasteiger partial charge in [0.25, 0.3) is 0 Å². The lowest BCUT2D eigenvalue weighted by Gasteiger charge is -2.10. The number of β-amino-alcohol motifs (C(OH)–C–C–N with tert-alkyl or cyclic N) is 1. The Kier molecular flexibility index (Phi) is 2.44. The quantitative estimate of drug-likeness (QED) is 0.713. The number of aliphatic hydroxyl groups excluding tert-OH is 1. The zero-order valence-corrected chi connectivity index (χ0v) is 7.68. The summed E-state index contributed by atoms with van der Waals surface area (Å²) in [4.78, 5) is 1.38. The molecule has 66 valence electrons. The van der Waals surface area contributed by atoms with Crippen LogP contribution in [-0.4, -0.2) is 24.3 Å². The monoisotopic (exact) mass is 183 g/mol. The highest BCUT2D eigenvalue weighted by Gasteiger charge is 2.24. The van der Waals surface area contributed by atoms with Crippen molar-refractivity contribution in [2.75, 3.05) is 13.1 Å². The maximum atomic E-state index is 9.53. The molecule has 12 heavy (non-hydrogen) atoms. The minimum atomic E-state index is -0.146. The Morgan fingerprint density at radius 2 is 2.50 bits per heavy atom. The van der Waals surface area contributed by atoms with E-state index < -0.39 is 0 Å². The van der Waals surface area contributed by atoms with Gasteiger partial charge in [0.05, 0.1) is 6.10 Å². The number of hydrogen-bond acceptors (Lipinski definition) is 3. The number of thiophene rings is 1. The fraction of sp³-hybridized carbons (Fsp3) is 0.556. The van der Waals surface area contributed by atoms with Crippen LogP contribution in [0, 0.1) is 5.92 Å². The highest BCUT2D eigenvalue weighted by atomic mass is 32.1. The summed E-state index contributed by atoms with van der Waals surface area (Å²) < 4.78 is 0. The maximum absolute atomic E-state index is 9.53. The summed E-state index contributed by atoms with van der Waals surface area (Å²) in [5.41, 5.74) is 0. The predicted molar refractivity (Wildman–Crippen MR) is 50.4 cm³/mol. The Balaban J connectivity index is 1.95. The van der Waals surface area contributed by atoms with Gasteiger partial charge in [-0.1, -0.05) is 6.07 Å². The standard InChI is InChI=1S/C9H13NOS/c11-9-6-10-5-7(9)4-8-2-1-3-12-8/h1-3,7,9-11H,4-6H2. The van der Waals surface area contributed by atoms with Crippen LogP contribution in [0.15, 0.2) is 17.5 Å². The summed E-state index contributed by atoms with van der Waals surface area (Å²) in [5, 5.41) is 14.8. The van der Waals surface area contributed by atoms with E-state index in [1.165, 1.54) is 4.88 Å². The van der Waals surface area contributed by atoms with Gasteiger partial charge >= 0.3 is 0 Å². The Bertz CT molecular complexity index is 235. The molecule has 3 heteroatoms. The molecule has 2 nitrogen and oxygen atoms in total. The lowest BCUT2D eigenvalue weighted by molar-refractivity contribution is 0.148. The van der Waals surface area contributed by atoms with Crippen LogP contribution in [0.3, 0.4) is 0 Å². The lowest BCUT2D eigenvalue weighted by Crippen LogP contribution is -2.19. The molecule has 2 heterocycles. The summed E-state index contributed by atoms with van der Waals surface area (Å²) in [6, 6.07) is 4.20. The van der Waals surface area contributed by atoms with Crippen molar-refractivity contribution in [1.29, 1.82) is 0 Å². The van der Waals surface area contributed by atoms with Crippen LogP contribution in [0.25, 0.3) is 0 Å². The molecule has 2 atom stereocenters. The molecule has 1 aliphatic heterocycles. The molecule has 2 rings (SSSR count). The van der Waals surface area contributed by atoms with Crippen LogP contribution < -0.4 is 5.32 Å². The van der Waals surface area contributed by atoms with Crippen molar-refractivity contribution in [3.8, 4) is 0 Å². The Hall–Kier alpha value is -0.380. The van der Waals surface area contributed by atoms with E-state index in [-0.39, 0.29) is 6.10 Å². The van der Waals surface area contributed by atoms with E-state index >= 15 is 0 Å². The minimum Gasteiger partial charge on any atom is -0.391 e. The van der Waals surface area contributed by atoms with Crippen molar-refractivity contribution in [1.82, 2.24) is 5.32 Å². The second-order valence-electron chi connectivity index (χ2n) is 3.27. The van der Waals surface area contributed by atoms with Crippen LogP contribution in [-0.2, 0) is 6.42 Å². The molecule has 0 aliphatic carbocycles. The molecule has 1 saturated heterocycles. The lowest BCUT2D eigenvalue weighted by atomic mass is 10.0. The first-order chi connectivity index (χ1) is 5.86. The topological polar surface area (TPSA) is 32.3 Å². The van der Waals surface area contributed by atoms with Gasteiger partial charge in [-0.2, -0.15) is 0 Å². The van der Waals surface area contributed by atoms with Crippen LogP contribution in [0.4, 0.5) is 0 Å². The molecular weight excluding hydrogens is 170 g/mol. The van der Waals surface area contributed by atoms with Gasteiger partial charge in [-0.3, -0.25) is 0 Å². The van der Waals surface area contributed by atoms with Crippen molar-refractivity contribution in [2.24, 2.45) is 5.92 Å². The molecule has 0 aromatic carbocycles. The molecule has 1 aromatic rings. The smallest absolute Gasteiger partial charge is 0.0708 e. The fourth-order valence-corrected chi connectivity index (χ4v) is 2.41. The third kappa shape index (κ3) is 1.68. The summed E-state index contributed by atoms with van der Waals surface area (Å²) in [5.74, 6) is 0.420. The average Bonchev–Trinajstić information content (AvgIpc) is 2.65. The fourth-order valence-electron chi connectivity index (χ4n) is 1.61. The molecular formula is C9H13NOS. The first kappa shape index (κ1) is 8.23. The minimum absolute atomic E-state index is 0.146. The van der Waals surface area contributed by atoms with Gasteiger partial charge < -0.3 is 10.4 Å². The zero-order valence-electron chi connectivity index (χ0n) is 6.86. The molecule has 0 amide bonds. The van der Waals surface area contributed by atoms with E-state index in [0.29, 0.717) is 5.92 Å². The molecule has 1 aromatic heterocycles. The molecule has 0 bridgehead atoms. The number of rotatable bonds is 2. The van der Waals surface area contributed by atoms with Crippen molar-refractivity contribution < 1.29 is 5.11 Å². The highest BCUT2D eigenvalue weighted by molar-refractivity contribution is 7.09. The molecule has 0 saturated carbocycles. The maximum Gasteiger partial charge on any atom is 0.0708 e. The van der Waals surface area contributed by atoms with Gasteiger partial charge in [0.15, 0.2) is 0 Å². The van der Waals surface area contributed by atoms with Crippen molar-refractivity contribution >= 4 is 11.3 Å².